The van der Waals surface area contributed by atoms with Gasteiger partial charge in [0.25, 0.3) is 0 Å². The Labute approximate surface area is 132 Å². The largest absolute Gasteiger partial charge is 0.471 e. The van der Waals surface area contributed by atoms with Gasteiger partial charge in [-0.25, -0.2) is 4.79 Å². The number of esters is 2. The van der Waals surface area contributed by atoms with Crippen LogP contribution in [0.25, 0.3) is 0 Å². The van der Waals surface area contributed by atoms with Crippen molar-refractivity contribution in [3.05, 3.63) is 12.7 Å². The molecule has 2 atom stereocenters. The van der Waals surface area contributed by atoms with Gasteiger partial charge < -0.3 is 14.8 Å². The third-order valence-electron chi connectivity index (χ3n) is 2.53. The number of hydrogen-bond acceptors (Lipinski definition) is 5. The number of allylic oxidation sites excluding steroid dienone is 1. The topological polar surface area (TPSA) is 81.7 Å². The highest BCUT2D eigenvalue weighted by Gasteiger charge is 2.45. The molecule has 6 nitrogen and oxygen atoms in total. The maximum absolute atomic E-state index is 12.4. The van der Waals surface area contributed by atoms with Crippen molar-refractivity contribution < 1.29 is 37.0 Å². The predicted octanol–water partition coefficient (Wildman–Crippen LogP) is 1.74. The van der Waals surface area contributed by atoms with Crippen LogP contribution >= 0.6 is 0 Å². The van der Waals surface area contributed by atoms with Crippen molar-refractivity contribution in [3.63, 3.8) is 0 Å². The summed E-state index contributed by atoms with van der Waals surface area (Å²) in [5, 5.41) is 1.49. The van der Waals surface area contributed by atoms with Crippen LogP contribution in [0.5, 0.6) is 0 Å². The Morgan fingerprint density at radius 3 is 2.04 bits per heavy atom. The Hall–Kier alpha value is -2.06. The number of amides is 1. The van der Waals surface area contributed by atoms with Gasteiger partial charge in [0.1, 0.15) is 11.6 Å². The zero-order valence-corrected chi connectivity index (χ0v) is 13.3. The van der Waals surface area contributed by atoms with Crippen LogP contribution in [0, 0.1) is 5.92 Å². The third kappa shape index (κ3) is 7.16. The highest BCUT2D eigenvalue weighted by Crippen LogP contribution is 2.20. The molecule has 0 aromatic heterocycles. The molecular formula is C14H20F3NO5. The molecule has 0 bridgehead atoms. The summed E-state index contributed by atoms with van der Waals surface area (Å²) in [6, 6.07) is -1.85. The van der Waals surface area contributed by atoms with Crippen molar-refractivity contribution in [2.24, 2.45) is 5.92 Å². The monoisotopic (exact) mass is 339 g/mol. The highest BCUT2D eigenvalue weighted by atomic mass is 19.4. The molecule has 0 saturated heterocycles. The number of ether oxygens (including phenoxy) is 2. The fourth-order valence-corrected chi connectivity index (χ4v) is 1.61. The van der Waals surface area contributed by atoms with Gasteiger partial charge in [0.2, 0.25) is 0 Å². The smallest absolute Gasteiger partial charge is 0.469 e. The highest BCUT2D eigenvalue weighted by molar-refractivity contribution is 5.91. The van der Waals surface area contributed by atoms with E-state index in [4.69, 9.17) is 4.74 Å². The minimum Gasteiger partial charge on any atom is -0.469 e. The fraction of sp³-hybridized carbons (Fsp3) is 0.643. The van der Waals surface area contributed by atoms with E-state index in [9.17, 15) is 27.6 Å². The molecule has 132 valence electrons. The van der Waals surface area contributed by atoms with Crippen LogP contribution in [0.1, 0.15) is 27.2 Å². The summed E-state index contributed by atoms with van der Waals surface area (Å²) in [5.74, 6) is -5.89. The normalized spacial score (nSPS) is 14.4. The van der Waals surface area contributed by atoms with Gasteiger partial charge in [-0.1, -0.05) is 6.08 Å². The summed E-state index contributed by atoms with van der Waals surface area (Å²) in [5.41, 5.74) is -1.02. The summed E-state index contributed by atoms with van der Waals surface area (Å²) in [7, 11) is 1.01. The number of nitrogens with one attached hydrogen (secondary N) is 1. The van der Waals surface area contributed by atoms with Crippen molar-refractivity contribution in [2.75, 3.05) is 7.11 Å². The number of methoxy groups -OCH3 is 1. The number of carbonyl (C=O) groups excluding carboxylic acids is 3. The zero-order chi connectivity index (χ0) is 18.4. The van der Waals surface area contributed by atoms with E-state index >= 15 is 0 Å². The molecule has 0 fully saturated rings. The maximum Gasteiger partial charge on any atom is 0.471 e. The number of halogens is 3. The zero-order valence-electron chi connectivity index (χ0n) is 13.3. The van der Waals surface area contributed by atoms with Gasteiger partial charge in [-0.05, 0) is 27.2 Å². The summed E-state index contributed by atoms with van der Waals surface area (Å²) < 4.78 is 46.8. The molecule has 0 aromatic rings. The lowest BCUT2D eigenvalue weighted by atomic mass is 9.95. The summed E-state index contributed by atoms with van der Waals surface area (Å²) >= 11 is 0. The van der Waals surface area contributed by atoms with Gasteiger partial charge in [0.15, 0.2) is 0 Å². The second kappa shape index (κ2) is 7.98. The van der Waals surface area contributed by atoms with Crippen LogP contribution in [-0.4, -0.2) is 42.8 Å². The Morgan fingerprint density at radius 2 is 1.70 bits per heavy atom. The average Bonchev–Trinajstić information content (AvgIpc) is 2.38. The lowest BCUT2D eigenvalue weighted by Gasteiger charge is -2.28. The lowest BCUT2D eigenvalue weighted by Crippen LogP contribution is -2.54. The van der Waals surface area contributed by atoms with E-state index in [1.807, 2.05) is 0 Å². The van der Waals surface area contributed by atoms with E-state index in [0.29, 0.717) is 0 Å². The van der Waals surface area contributed by atoms with E-state index in [2.05, 4.69) is 11.3 Å². The lowest BCUT2D eigenvalue weighted by molar-refractivity contribution is -0.179. The first-order valence-electron chi connectivity index (χ1n) is 6.62. The number of rotatable bonds is 6. The Kier molecular flexibility index (Phi) is 7.26. The van der Waals surface area contributed by atoms with E-state index in [0.717, 1.165) is 7.11 Å². The molecule has 1 amide bonds. The maximum atomic E-state index is 12.4. The SMILES string of the molecule is C=CC[C@@H](C(=O)OC)[C@H](NC(=O)C(F)(F)F)C(=O)OC(C)(C)C. The minimum atomic E-state index is -5.21. The van der Waals surface area contributed by atoms with Gasteiger partial charge in [0.05, 0.1) is 13.0 Å². The van der Waals surface area contributed by atoms with Crippen molar-refractivity contribution in [2.45, 2.75) is 45.0 Å². The molecule has 0 unspecified atom stereocenters. The second-order valence-corrected chi connectivity index (χ2v) is 5.64. The first kappa shape index (κ1) is 20.9. The first-order chi connectivity index (χ1) is 10.3. The molecule has 0 aromatic carbocycles. The number of alkyl halides is 3. The molecule has 0 saturated carbocycles. The van der Waals surface area contributed by atoms with E-state index in [-0.39, 0.29) is 6.42 Å². The van der Waals surface area contributed by atoms with Gasteiger partial charge in [-0.3, -0.25) is 9.59 Å². The molecule has 0 aliphatic rings. The Morgan fingerprint density at radius 1 is 1.17 bits per heavy atom. The third-order valence-corrected chi connectivity index (χ3v) is 2.53. The van der Waals surface area contributed by atoms with Gasteiger partial charge in [-0.15, -0.1) is 6.58 Å². The molecule has 0 heterocycles. The van der Waals surface area contributed by atoms with Crippen molar-refractivity contribution in [1.29, 1.82) is 0 Å². The number of carbonyl (C=O) groups is 3. The van der Waals surface area contributed by atoms with E-state index in [1.54, 1.807) is 0 Å². The van der Waals surface area contributed by atoms with Gasteiger partial charge >= 0.3 is 24.0 Å². The van der Waals surface area contributed by atoms with Crippen molar-refractivity contribution in [3.8, 4) is 0 Å². The van der Waals surface area contributed by atoms with E-state index < -0.39 is 41.6 Å². The van der Waals surface area contributed by atoms with Crippen LogP contribution in [0.3, 0.4) is 0 Å². The molecule has 0 aliphatic heterocycles. The van der Waals surface area contributed by atoms with Crippen molar-refractivity contribution in [1.82, 2.24) is 5.32 Å². The molecule has 1 N–H and O–H groups in total. The molecular weight excluding hydrogens is 319 g/mol. The average molecular weight is 339 g/mol. The fourth-order valence-electron chi connectivity index (χ4n) is 1.61. The van der Waals surface area contributed by atoms with E-state index in [1.165, 1.54) is 32.2 Å². The molecule has 0 spiro atoms. The van der Waals surface area contributed by atoms with Crippen LogP contribution in [0.4, 0.5) is 13.2 Å². The molecule has 0 aliphatic carbocycles. The van der Waals surface area contributed by atoms with Crippen LogP contribution < -0.4 is 5.32 Å². The molecule has 9 heteroatoms. The van der Waals surface area contributed by atoms with Crippen molar-refractivity contribution >= 4 is 17.8 Å². The van der Waals surface area contributed by atoms with Gasteiger partial charge in [0, 0.05) is 0 Å². The Balaban J connectivity index is 5.57. The second-order valence-electron chi connectivity index (χ2n) is 5.64. The number of hydrogen-bond donors (Lipinski definition) is 1. The molecule has 23 heavy (non-hydrogen) atoms. The molecule has 0 rings (SSSR count). The van der Waals surface area contributed by atoms with Gasteiger partial charge in [-0.2, -0.15) is 13.2 Å². The van der Waals surface area contributed by atoms with Crippen LogP contribution in [0.15, 0.2) is 12.7 Å². The molecule has 0 radical (unpaired) electrons. The quantitative estimate of drug-likeness (QED) is 0.589. The summed E-state index contributed by atoms with van der Waals surface area (Å²) in [4.78, 5) is 35.0. The first-order valence-corrected chi connectivity index (χ1v) is 6.62. The minimum absolute atomic E-state index is 0.186. The predicted molar refractivity (Wildman–Crippen MR) is 74.2 cm³/mol. The Bertz CT molecular complexity index is 468. The summed E-state index contributed by atoms with van der Waals surface area (Å²) in [6.45, 7) is 7.85. The van der Waals surface area contributed by atoms with Crippen LogP contribution in [-0.2, 0) is 23.9 Å². The standard InChI is InChI=1S/C14H20F3NO5/c1-6-7-8(10(19)22-5)9(11(20)23-13(2,3)4)18-12(21)14(15,16)17/h6,8-9H,1,7H2,2-5H3,(H,18,21)/t8-,9+/m1/s1. The summed E-state index contributed by atoms with van der Waals surface area (Å²) in [6.07, 6.45) is -4.18. The van der Waals surface area contributed by atoms with Crippen LogP contribution in [0.2, 0.25) is 0 Å².